The van der Waals surface area contributed by atoms with E-state index < -0.39 is 6.10 Å². The van der Waals surface area contributed by atoms with Crippen LogP contribution < -0.4 is 4.90 Å². The van der Waals surface area contributed by atoms with Crippen LogP contribution >= 0.6 is 0 Å². The van der Waals surface area contributed by atoms with Crippen molar-refractivity contribution in [2.24, 2.45) is 0 Å². The van der Waals surface area contributed by atoms with Crippen molar-refractivity contribution in [3.05, 3.63) is 24.4 Å². The van der Waals surface area contributed by atoms with Gasteiger partial charge < -0.3 is 10.0 Å². The van der Waals surface area contributed by atoms with Gasteiger partial charge in [0.25, 0.3) is 5.91 Å². The summed E-state index contributed by atoms with van der Waals surface area (Å²) in [6.07, 6.45) is 1.23. The fraction of sp³-hybridized carbons (Fsp3) is 0.571. The zero-order valence-electron chi connectivity index (χ0n) is 11.9. The Labute approximate surface area is 123 Å². The van der Waals surface area contributed by atoms with Crippen LogP contribution in [0.25, 0.3) is 0 Å². The van der Waals surface area contributed by atoms with Gasteiger partial charge >= 0.3 is 0 Å². The van der Waals surface area contributed by atoms with Crippen LogP contribution in [0, 0.1) is 0 Å². The molecular weight excluding hydrogens is 272 g/mol. The summed E-state index contributed by atoms with van der Waals surface area (Å²) in [6.45, 7) is 4.16. The molecule has 0 unspecified atom stereocenters. The van der Waals surface area contributed by atoms with Crippen molar-refractivity contribution in [2.75, 3.05) is 50.8 Å². The van der Waals surface area contributed by atoms with Gasteiger partial charge in [0.2, 0.25) is 0 Å². The smallest absolute Gasteiger partial charge is 0.260 e. The molecule has 1 N–H and O–H groups in total. The van der Waals surface area contributed by atoms with Crippen LogP contribution in [0.4, 0.5) is 5.82 Å². The number of hydrogen-bond acceptors (Lipinski definition) is 6. The molecule has 0 bridgehead atoms. The van der Waals surface area contributed by atoms with Crippen molar-refractivity contribution in [3.8, 4) is 0 Å². The highest BCUT2D eigenvalue weighted by Crippen LogP contribution is 2.13. The van der Waals surface area contributed by atoms with Crippen molar-refractivity contribution in [2.45, 2.75) is 6.10 Å². The van der Waals surface area contributed by atoms with Gasteiger partial charge in [0.05, 0.1) is 19.2 Å². The van der Waals surface area contributed by atoms with E-state index in [-0.39, 0.29) is 19.1 Å². The lowest BCUT2D eigenvalue weighted by Gasteiger charge is -2.35. The molecule has 7 heteroatoms. The topological polar surface area (TPSA) is 69.1 Å². The molecule has 2 saturated heterocycles. The van der Waals surface area contributed by atoms with E-state index in [1.807, 2.05) is 18.2 Å². The standard InChI is InChI=1S/C14H20N4O3/c19-12-9-18(21-11-12)14(20)10-16-5-7-17(8-6-16)13-3-1-2-4-15-13/h1-4,12,19H,5-11H2/t12-/m1/s1. The van der Waals surface area contributed by atoms with Gasteiger partial charge in [-0.05, 0) is 12.1 Å². The fourth-order valence-electron chi connectivity index (χ4n) is 2.59. The van der Waals surface area contributed by atoms with Crippen LogP contribution in [-0.4, -0.2) is 77.9 Å². The number of β-amino-alcohol motifs (C(OH)–C–C–N with tert-alkyl or cyclic N) is 1. The molecular formula is C14H20N4O3. The SMILES string of the molecule is O=C(CN1CCN(c2ccccn2)CC1)N1C[C@@H](O)CO1. The summed E-state index contributed by atoms with van der Waals surface area (Å²) in [4.78, 5) is 25.8. The molecule has 0 saturated carbocycles. The second kappa shape index (κ2) is 6.38. The molecule has 1 atom stereocenters. The van der Waals surface area contributed by atoms with Crippen molar-refractivity contribution >= 4 is 11.7 Å². The first kappa shape index (κ1) is 14.2. The lowest BCUT2D eigenvalue weighted by Crippen LogP contribution is -2.50. The molecule has 1 amide bonds. The number of aliphatic hydroxyl groups excluding tert-OH is 1. The average Bonchev–Trinajstić information content (AvgIpc) is 2.96. The molecule has 0 aliphatic carbocycles. The fourth-order valence-corrected chi connectivity index (χ4v) is 2.59. The monoisotopic (exact) mass is 292 g/mol. The van der Waals surface area contributed by atoms with Gasteiger partial charge in [0.15, 0.2) is 0 Å². The number of piperazine rings is 1. The molecule has 1 aromatic rings. The van der Waals surface area contributed by atoms with E-state index in [4.69, 9.17) is 4.84 Å². The molecule has 0 aromatic carbocycles. The first-order valence-electron chi connectivity index (χ1n) is 7.22. The molecule has 3 heterocycles. The third-order valence-corrected chi connectivity index (χ3v) is 3.78. The number of rotatable bonds is 3. The number of hydroxylamine groups is 2. The van der Waals surface area contributed by atoms with Crippen LogP contribution in [0.1, 0.15) is 0 Å². The van der Waals surface area contributed by atoms with E-state index in [2.05, 4.69) is 14.8 Å². The summed E-state index contributed by atoms with van der Waals surface area (Å²) in [5.74, 6) is 0.896. The highest BCUT2D eigenvalue weighted by atomic mass is 16.7. The maximum absolute atomic E-state index is 12.0. The number of carbonyl (C=O) groups is 1. The van der Waals surface area contributed by atoms with Crippen LogP contribution in [0.3, 0.4) is 0 Å². The number of pyridine rings is 1. The second-order valence-corrected chi connectivity index (χ2v) is 5.36. The van der Waals surface area contributed by atoms with E-state index in [1.165, 1.54) is 5.06 Å². The minimum atomic E-state index is -0.560. The van der Waals surface area contributed by atoms with E-state index in [0.29, 0.717) is 6.54 Å². The van der Waals surface area contributed by atoms with E-state index in [0.717, 1.165) is 32.0 Å². The first-order valence-corrected chi connectivity index (χ1v) is 7.22. The Morgan fingerprint density at radius 3 is 2.76 bits per heavy atom. The maximum atomic E-state index is 12.0. The number of carbonyl (C=O) groups excluding carboxylic acids is 1. The normalized spacial score (nSPS) is 23.6. The summed E-state index contributed by atoms with van der Waals surface area (Å²) in [5, 5.41) is 10.6. The van der Waals surface area contributed by atoms with Crippen LogP contribution in [0.5, 0.6) is 0 Å². The predicted octanol–water partition coefficient (Wildman–Crippen LogP) is -0.662. The number of hydrogen-bond donors (Lipinski definition) is 1. The van der Waals surface area contributed by atoms with E-state index in [1.54, 1.807) is 6.20 Å². The molecule has 7 nitrogen and oxygen atoms in total. The van der Waals surface area contributed by atoms with Crippen molar-refractivity contribution in [1.82, 2.24) is 14.9 Å². The molecule has 2 aliphatic rings. The Morgan fingerprint density at radius 2 is 2.14 bits per heavy atom. The molecule has 1 aromatic heterocycles. The number of anilines is 1. The Kier molecular flexibility index (Phi) is 4.33. The Hall–Kier alpha value is -1.70. The van der Waals surface area contributed by atoms with Gasteiger partial charge in [0, 0.05) is 32.4 Å². The predicted molar refractivity (Wildman–Crippen MR) is 76.6 cm³/mol. The summed E-state index contributed by atoms with van der Waals surface area (Å²) in [7, 11) is 0. The van der Waals surface area contributed by atoms with E-state index in [9.17, 15) is 9.90 Å². The third-order valence-electron chi connectivity index (χ3n) is 3.78. The molecule has 2 fully saturated rings. The first-order chi connectivity index (χ1) is 10.2. The van der Waals surface area contributed by atoms with Gasteiger partial charge in [0.1, 0.15) is 12.4 Å². The van der Waals surface area contributed by atoms with Crippen molar-refractivity contribution in [3.63, 3.8) is 0 Å². The van der Waals surface area contributed by atoms with Crippen molar-refractivity contribution < 1.29 is 14.7 Å². The zero-order chi connectivity index (χ0) is 14.7. The highest BCUT2D eigenvalue weighted by Gasteiger charge is 2.28. The van der Waals surface area contributed by atoms with Gasteiger partial charge in [-0.1, -0.05) is 6.07 Å². The summed E-state index contributed by atoms with van der Waals surface area (Å²) < 4.78 is 0. The maximum Gasteiger partial charge on any atom is 0.260 e. The number of aliphatic hydroxyl groups is 1. The number of aromatic nitrogens is 1. The van der Waals surface area contributed by atoms with Crippen molar-refractivity contribution in [1.29, 1.82) is 0 Å². The van der Waals surface area contributed by atoms with Gasteiger partial charge in [-0.2, -0.15) is 0 Å². The van der Waals surface area contributed by atoms with Crippen LogP contribution in [0.15, 0.2) is 24.4 Å². The molecule has 114 valence electrons. The van der Waals surface area contributed by atoms with Gasteiger partial charge in [-0.15, -0.1) is 0 Å². The molecule has 2 aliphatic heterocycles. The molecule has 0 radical (unpaired) electrons. The lowest BCUT2D eigenvalue weighted by molar-refractivity contribution is -0.169. The van der Waals surface area contributed by atoms with Gasteiger partial charge in [-0.25, -0.2) is 10.0 Å². The number of nitrogens with zero attached hydrogens (tertiary/aromatic N) is 4. The van der Waals surface area contributed by atoms with Crippen LogP contribution in [-0.2, 0) is 9.63 Å². The largest absolute Gasteiger partial charge is 0.389 e. The molecule has 3 rings (SSSR count). The Bertz CT molecular complexity index is 476. The molecule has 0 spiro atoms. The van der Waals surface area contributed by atoms with E-state index >= 15 is 0 Å². The summed E-state index contributed by atoms with van der Waals surface area (Å²) in [6, 6.07) is 5.89. The average molecular weight is 292 g/mol. The Morgan fingerprint density at radius 1 is 1.33 bits per heavy atom. The summed E-state index contributed by atoms with van der Waals surface area (Å²) >= 11 is 0. The number of amides is 1. The summed E-state index contributed by atoms with van der Waals surface area (Å²) in [5.41, 5.74) is 0. The van der Waals surface area contributed by atoms with Gasteiger partial charge in [-0.3, -0.25) is 14.5 Å². The zero-order valence-corrected chi connectivity index (χ0v) is 11.9. The third kappa shape index (κ3) is 3.49. The quantitative estimate of drug-likeness (QED) is 0.797. The lowest BCUT2D eigenvalue weighted by atomic mass is 10.3. The highest BCUT2D eigenvalue weighted by molar-refractivity contribution is 5.77. The minimum absolute atomic E-state index is 0.0853. The molecule has 21 heavy (non-hydrogen) atoms. The van der Waals surface area contributed by atoms with Crippen LogP contribution in [0.2, 0.25) is 0 Å². The second-order valence-electron chi connectivity index (χ2n) is 5.36. The Balaban J connectivity index is 1.47. The minimum Gasteiger partial charge on any atom is -0.389 e.